The Morgan fingerprint density at radius 1 is 1.20 bits per heavy atom. The number of guanidine groups is 1. The minimum absolute atomic E-state index is 0. The molecule has 25 heavy (non-hydrogen) atoms. The van der Waals surface area contributed by atoms with Crippen LogP contribution in [0, 0.1) is 0 Å². The van der Waals surface area contributed by atoms with Gasteiger partial charge in [0.25, 0.3) is 0 Å². The summed E-state index contributed by atoms with van der Waals surface area (Å²) in [4.78, 5) is 7.16. The van der Waals surface area contributed by atoms with Crippen molar-refractivity contribution in [3.05, 3.63) is 35.4 Å². The molecule has 142 valence electrons. The summed E-state index contributed by atoms with van der Waals surface area (Å²) in [5, 5.41) is 6.73. The van der Waals surface area contributed by atoms with Gasteiger partial charge in [-0.25, -0.2) is 4.99 Å². The lowest BCUT2D eigenvalue weighted by atomic mass is 10.1. The number of halogens is 1. The van der Waals surface area contributed by atoms with Gasteiger partial charge in [-0.15, -0.1) is 24.0 Å². The Labute approximate surface area is 169 Å². The third-order valence-corrected chi connectivity index (χ3v) is 3.76. The van der Waals surface area contributed by atoms with E-state index in [0.717, 1.165) is 45.4 Å². The van der Waals surface area contributed by atoms with Crippen molar-refractivity contribution in [2.75, 3.05) is 32.8 Å². The molecule has 0 radical (unpaired) electrons. The average molecular weight is 460 g/mol. The van der Waals surface area contributed by atoms with Gasteiger partial charge in [0.05, 0.1) is 19.8 Å². The van der Waals surface area contributed by atoms with Gasteiger partial charge in [-0.2, -0.15) is 0 Å². The number of morpholine rings is 1. The maximum absolute atomic E-state index is 5.42. The summed E-state index contributed by atoms with van der Waals surface area (Å²) >= 11 is 0. The number of hydrogen-bond acceptors (Lipinski definition) is 3. The predicted octanol–water partition coefficient (Wildman–Crippen LogP) is 2.99. The Morgan fingerprint density at radius 2 is 1.88 bits per heavy atom. The van der Waals surface area contributed by atoms with Crippen molar-refractivity contribution in [3.8, 4) is 0 Å². The molecular weight excluding hydrogens is 427 g/mol. The van der Waals surface area contributed by atoms with Gasteiger partial charge in [-0.05, 0) is 38.8 Å². The second kappa shape index (κ2) is 11.0. The Kier molecular flexibility index (Phi) is 9.74. The molecule has 0 aromatic heterocycles. The molecule has 0 amide bonds. The van der Waals surface area contributed by atoms with Crippen molar-refractivity contribution < 1.29 is 4.74 Å². The highest BCUT2D eigenvalue weighted by Gasteiger charge is 2.12. The van der Waals surface area contributed by atoms with Crippen LogP contribution in [0.1, 0.15) is 38.8 Å². The van der Waals surface area contributed by atoms with E-state index in [4.69, 9.17) is 9.73 Å². The van der Waals surface area contributed by atoms with E-state index in [0.29, 0.717) is 6.54 Å². The van der Waals surface area contributed by atoms with E-state index in [9.17, 15) is 0 Å². The number of aliphatic imine (C=N–C) groups is 1. The van der Waals surface area contributed by atoms with Gasteiger partial charge in [0.1, 0.15) is 0 Å². The highest BCUT2D eigenvalue weighted by atomic mass is 127. The standard InChI is InChI=1S/C19H32N4O.HI/c1-5-20-18(22-19(2,3)4)21-14-16-7-6-8-17(13-16)15-23-9-11-24-12-10-23;/h6-8,13H,5,9-12,14-15H2,1-4H3,(H2,20,21,22);1H. The molecule has 2 N–H and O–H groups in total. The van der Waals surface area contributed by atoms with Crippen molar-refractivity contribution >= 4 is 29.9 Å². The lowest BCUT2D eigenvalue weighted by Gasteiger charge is -2.26. The van der Waals surface area contributed by atoms with E-state index in [2.05, 4.69) is 67.5 Å². The lowest BCUT2D eigenvalue weighted by molar-refractivity contribution is 0.0342. The Bertz CT molecular complexity index is 536. The molecule has 0 aliphatic carbocycles. The fourth-order valence-corrected chi connectivity index (χ4v) is 2.68. The van der Waals surface area contributed by atoms with Crippen LogP contribution in [-0.4, -0.2) is 49.2 Å². The van der Waals surface area contributed by atoms with E-state index in [1.165, 1.54) is 11.1 Å². The van der Waals surface area contributed by atoms with Crippen LogP contribution >= 0.6 is 24.0 Å². The minimum atomic E-state index is -0.000809. The molecule has 1 heterocycles. The van der Waals surface area contributed by atoms with E-state index in [1.807, 2.05) is 0 Å². The molecule has 6 heteroatoms. The van der Waals surface area contributed by atoms with Crippen molar-refractivity contribution in [3.63, 3.8) is 0 Å². The first-order chi connectivity index (χ1) is 11.5. The molecule has 1 aliphatic rings. The molecule has 2 rings (SSSR count). The monoisotopic (exact) mass is 460 g/mol. The first kappa shape index (κ1) is 22.2. The van der Waals surface area contributed by atoms with E-state index < -0.39 is 0 Å². The first-order valence-electron chi connectivity index (χ1n) is 8.91. The topological polar surface area (TPSA) is 48.9 Å². The normalized spacial score (nSPS) is 16.2. The van der Waals surface area contributed by atoms with Crippen molar-refractivity contribution in [1.29, 1.82) is 0 Å². The molecule has 0 unspecified atom stereocenters. The van der Waals surface area contributed by atoms with Gasteiger partial charge in [-0.3, -0.25) is 4.90 Å². The molecule has 1 aliphatic heterocycles. The zero-order valence-corrected chi connectivity index (χ0v) is 18.3. The van der Waals surface area contributed by atoms with Crippen molar-refractivity contribution in [2.45, 2.75) is 46.3 Å². The highest BCUT2D eigenvalue weighted by Crippen LogP contribution is 2.11. The van der Waals surface area contributed by atoms with Crippen molar-refractivity contribution in [1.82, 2.24) is 15.5 Å². The quantitative estimate of drug-likeness (QED) is 0.403. The average Bonchev–Trinajstić information content (AvgIpc) is 2.53. The van der Waals surface area contributed by atoms with Crippen LogP contribution in [0.2, 0.25) is 0 Å². The van der Waals surface area contributed by atoms with Crippen LogP contribution < -0.4 is 10.6 Å². The van der Waals surface area contributed by atoms with Crippen molar-refractivity contribution in [2.24, 2.45) is 4.99 Å². The third-order valence-electron chi connectivity index (χ3n) is 3.76. The van der Waals surface area contributed by atoms with Gasteiger partial charge in [0, 0.05) is 31.7 Å². The number of hydrogen-bond donors (Lipinski definition) is 2. The number of rotatable bonds is 5. The molecule has 1 aromatic carbocycles. The molecule has 0 spiro atoms. The molecule has 0 saturated carbocycles. The molecule has 1 saturated heterocycles. The van der Waals surface area contributed by atoms with Gasteiger partial charge < -0.3 is 15.4 Å². The minimum Gasteiger partial charge on any atom is -0.379 e. The largest absolute Gasteiger partial charge is 0.379 e. The van der Waals surface area contributed by atoms with Crippen LogP contribution in [0.4, 0.5) is 0 Å². The van der Waals surface area contributed by atoms with Crippen LogP contribution in [0.5, 0.6) is 0 Å². The molecular formula is C19H33IN4O. The second-order valence-corrected chi connectivity index (χ2v) is 7.28. The van der Waals surface area contributed by atoms with E-state index >= 15 is 0 Å². The Morgan fingerprint density at radius 3 is 2.52 bits per heavy atom. The second-order valence-electron chi connectivity index (χ2n) is 7.28. The number of benzene rings is 1. The summed E-state index contributed by atoms with van der Waals surface area (Å²) in [5.41, 5.74) is 2.59. The van der Waals surface area contributed by atoms with E-state index in [-0.39, 0.29) is 29.5 Å². The Balaban J connectivity index is 0.00000312. The number of nitrogens with one attached hydrogen (secondary N) is 2. The van der Waals surface area contributed by atoms with Gasteiger partial charge >= 0.3 is 0 Å². The van der Waals surface area contributed by atoms with Crippen LogP contribution in [0.25, 0.3) is 0 Å². The maximum Gasteiger partial charge on any atom is 0.191 e. The SMILES string of the molecule is CCNC(=NCc1cccc(CN2CCOCC2)c1)NC(C)(C)C.I. The van der Waals surface area contributed by atoms with Crippen LogP contribution in [0.3, 0.4) is 0 Å². The number of ether oxygens (including phenoxy) is 1. The molecule has 1 aromatic rings. The summed E-state index contributed by atoms with van der Waals surface area (Å²) in [6.45, 7) is 14.8. The predicted molar refractivity (Wildman–Crippen MR) is 116 cm³/mol. The zero-order chi connectivity index (χ0) is 17.4. The zero-order valence-electron chi connectivity index (χ0n) is 16.0. The molecule has 5 nitrogen and oxygen atoms in total. The summed E-state index contributed by atoms with van der Waals surface area (Å²) < 4.78 is 5.42. The third kappa shape index (κ3) is 8.87. The lowest BCUT2D eigenvalue weighted by Crippen LogP contribution is -2.47. The first-order valence-corrected chi connectivity index (χ1v) is 8.91. The summed E-state index contributed by atoms with van der Waals surface area (Å²) in [7, 11) is 0. The summed E-state index contributed by atoms with van der Waals surface area (Å²) in [6.07, 6.45) is 0. The molecule has 1 fully saturated rings. The van der Waals surface area contributed by atoms with Gasteiger partial charge in [0.2, 0.25) is 0 Å². The Hall–Kier alpha value is -0.860. The summed E-state index contributed by atoms with van der Waals surface area (Å²) in [6, 6.07) is 8.73. The van der Waals surface area contributed by atoms with Gasteiger partial charge in [0.15, 0.2) is 5.96 Å². The van der Waals surface area contributed by atoms with Crippen LogP contribution in [0.15, 0.2) is 29.3 Å². The molecule has 0 atom stereocenters. The van der Waals surface area contributed by atoms with Gasteiger partial charge in [-0.1, -0.05) is 24.3 Å². The highest BCUT2D eigenvalue weighted by molar-refractivity contribution is 14.0. The fraction of sp³-hybridized carbons (Fsp3) is 0.632. The summed E-state index contributed by atoms with van der Waals surface area (Å²) in [5.74, 6) is 0.864. The van der Waals surface area contributed by atoms with Crippen LogP contribution in [-0.2, 0) is 17.8 Å². The number of nitrogens with zero attached hydrogens (tertiary/aromatic N) is 2. The molecule has 0 bridgehead atoms. The smallest absolute Gasteiger partial charge is 0.191 e. The fourth-order valence-electron chi connectivity index (χ4n) is 2.68. The maximum atomic E-state index is 5.42. The van der Waals surface area contributed by atoms with E-state index in [1.54, 1.807) is 0 Å².